The number of hydrogen-bond acceptors (Lipinski definition) is 3. The third kappa shape index (κ3) is 6.26. The van der Waals surface area contributed by atoms with Crippen LogP contribution in [0.15, 0.2) is 71.2 Å². The van der Waals surface area contributed by atoms with Gasteiger partial charge in [0.05, 0.1) is 11.6 Å². The summed E-state index contributed by atoms with van der Waals surface area (Å²) in [6.07, 6.45) is 0. The highest BCUT2D eigenvalue weighted by atomic mass is 79.9. The Morgan fingerprint density at radius 2 is 1.54 bits per heavy atom. The quantitative estimate of drug-likeness (QED) is 0.441. The lowest BCUT2D eigenvalue weighted by molar-refractivity contribution is 0.282. The van der Waals surface area contributed by atoms with Crippen LogP contribution >= 0.6 is 28.3 Å². The van der Waals surface area contributed by atoms with Crippen molar-refractivity contribution >= 4 is 28.3 Å². The van der Waals surface area contributed by atoms with Crippen LogP contribution < -0.4 is 14.8 Å². The second kappa shape index (κ2) is 11.1. The molecule has 0 saturated carbocycles. The number of nitrogens with one attached hydrogen (secondary N) is 1. The third-order valence-electron chi connectivity index (χ3n) is 4.29. The zero-order valence-electron chi connectivity index (χ0n) is 16.1. The maximum Gasteiger partial charge on any atom is 0.175 e. The molecule has 0 aliphatic rings. The van der Waals surface area contributed by atoms with Gasteiger partial charge in [0.25, 0.3) is 0 Å². The van der Waals surface area contributed by atoms with E-state index in [-0.39, 0.29) is 12.4 Å². The van der Waals surface area contributed by atoms with Crippen molar-refractivity contribution in [3.05, 3.63) is 93.5 Å². The predicted octanol–water partition coefficient (Wildman–Crippen LogP) is 6.06. The third-order valence-corrected chi connectivity index (χ3v) is 4.88. The van der Waals surface area contributed by atoms with Gasteiger partial charge in [0.15, 0.2) is 11.5 Å². The maximum atomic E-state index is 5.99. The number of ether oxygens (including phenoxy) is 2. The predicted molar refractivity (Wildman–Crippen MR) is 120 cm³/mol. The van der Waals surface area contributed by atoms with Crippen LogP contribution in [0.25, 0.3) is 0 Å². The minimum Gasteiger partial charge on any atom is -0.493 e. The molecule has 1 N–H and O–H groups in total. The molecule has 0 saturated heterocycles. The first-order valence-corrected chi connectivity index (χ1v) is 9.74. The fraction of sp³-hybridized carbons (Fsp3) is 0.217. The Morgan fingerprint density at radius 3 is 2.21 bits per heavy atom. The molecule has 3 rings (SSSR count). The first-order valence-electron chi connectivity index (χ1n) is 8.95. The molecule has 3 aromatic carbocycles. The fourth-order valence-corrected chi connectivity index (χ4v) is 3.41. The van der Waals surface area contributed by atoms with Gasteiger partial charge in [0.1, 0.15) is 6.61 Å². The average Bonchev–Trinajstić information content (AvgIpc) is 2.69. The summed E-state index contributed by atoms with van der Waals surface area (Å²) < 4.78 is 12.4. The second-order valence-electron chi connectivity index (χ2n) is 6.47. The van der Waals surface area contributed by atoms with Crippen LogP contribution in [-0.2, 0) is 19.7 Å². The maximum absolute atomic E-state index is 5.99. The van der Waals surface area contributed by atoms with E-state index in [1.54, 1.807) is 7.11 Å². The van der Waals surface area contributed by atoms with Crippen molar-refractivity contribution < 1.29 is 9.47 Å². The molecule has 5 heteroatoms. The Balaban J connectivity index is 0.00000280. The van der Waals surface area contributed by atoms with Gasteiger partial charge in [0.2, 0.25) is 0 Å². The van der Waals surface area contributed by atoms with E-state index >= 15 is 0 Å². The Bertz CT molecular complexity index is 870. The van der Waals surface area contributed by atoms with Crippen LogP contribution in [-0.4, -0.2) is 7.11 Å². The molecule has 0 aliphatic carbocycles. The number of rotatable bonds is 8. The van der Waals surface area contributed by atoms with Crippen molar-refractivity contribution in [2.45, 2.75) is 26.6 Å². The Hall–Kier alpha value is -2.01. The molecule has 3 nitrogen and oxygen atoms in total. The highest BCUT2D eigenvalue weighted by molar-refractivity contribution is 9.10. The molecular formula is C23H25BrClNO2. The molecule has 0 bridgehead atoms. The van der Waals surface area contributed by atoms with Crippen molar-refractivity contribution in [1.29, 1.82) is 0 Å². The summed E-state index contributed by atoms with van der Waals surface area (Å²) in [6.45, 7) is 4.18. The molecule has 0 heterocycles. The van der Waals surface area contributed by atoms with Gasteiger partial charge in [-0.3, -0.25) is 0 Å². The van der Waals surface area contributed by atoms with Gasteiger partial charge in [-0.1, -0.05) is 60.2 Å². The number of methoxy groups -OCH3 is 1. The normalized spacial score (nSPS) is 10.2. The Labute approximate surface area is 181 Å². The Kier molecular flexibility index (Phi) is 8.84. The number of halogens is 2. The lowest BCUT2D eigenvalue weighted by Crippen LogP contribution is -2.13. The topological polar surface area (TPSA) is 30.5 Å². The van der Waals surface area contributed by atoms with E-state index in [1.807, 2.05) is 36.4 Å². The number of hydrogen-bond donors (Lipinski definition) is 1. The first kappa shape index (κ1) is 22.3. The summed E-state index contributed by atoms with van der Waals surface area (Å²) in [5.41, 5.74) is 4.81. The van der Waals surface area contributed by atoms with Crippen molar-refractivity contribution in [3.8, 4) is 11.5 Å². The molecule has 0 atom stereocenters. The standard InChI is InChI=1S/C23H24BrNO2.ClH/c1-17-8-10-18(11-9-17)14-25-15-20-12-21(24)23(22(13-20)26-2)27-16-19-6-4-3-5-7-19;/h3-13,25H,14-16H2,1-2H3;1H. The summed E-state index contributed by atoms with van der Waals surface area (Å²) >= 11 is 3.62. The van der Waals surface area contributed by atoms with Gasteiger partial charge in [0, 0.05) is 13.1 Å². The average molecular weight is 463 g/mol. The summed E-state index contributed by atoms with van der Waals surface area (Å²) in [5.74, 6) is 1.45. The smallest absolute Gasteiger partial charge is 0.175 e. The van der Waals surface area contributed by atoms with Crippen LogP contribution in [0.5, 0.6) is 11.5 Å². The molecule has 0 fully saturated rings. The summed E-state index contributed by atoms with van der Waals surface area (Å²) in [5, 5.41) is 3.48. The van der Waals surface area contributed by atoms with Gasteiger partial charge in [-0.25, -0.2) is 0 Å². The molecule has 0 unspecified atom stereocenters. The highest BCUT2D eigenvalue weighted by Gasteiger charge is 2.12. The SMILES string of the molecule is COc1cc(CNCc2ccc(C)cc2)cc(Br)c1OCc1ccccc1.Cl. The molecule has 0 spiro atoms. The van der Waals surface area contributed by atoms with Crippen LogP contribution in [0.4, 0.5) is 0 Å². The van der Waals surface area contributed by atoms with Crippen molar-refractivity contribution in [2.75, 3.05) is 7.11 Å². The summed E-state index contributed by atoms with van der Waals surface area (Å²) in [7, 11) is 1.67. The second-order valence-corrected chi connectivity index (χ2v) is 7.33. The molecule has 0 radical (unpaired) electrons. The lowest BCUT2D eigenvalue weighted by Gasteiger charge is -2.15. The van der Waals surface area contributed by atoms with Crippen LogP contribution in [0.2, 0.25) is 0 Å². The molecule has 148 valence electrons. The van der Waals surface area contributed by atoms with Crippen LogP contribution in [0, 0.1) is 6.92 Å². The lowest BCUT2D eigenvalue weighted by atomic mass is 10.1. The number of aryl methyl sites for hydroxylation is 1. The highest BCUT2D eigenvalue weighted by Crippen LogP contribution is 2.37. The molecule has 0 aliphatic heterocycles. The van der Waals surface area contributed by atoms with E-state index in [0.717, 1.165) is 40.2 Å². The largest absolute Gasteiger partial charge is 0.493 e. The van der Waals surface area contributed by atoms with E-state index in [2.05, 4.69) is 58.5 Å². The van der Waals surface area contributed by atoms with Gasteiger partial charge in [-0.15, -0.1) is 12.4 Å². The van der Waals surface area contributed by atoms with Gasteiger partial charge in [-0.2, -0.15) is 0 Å². The first-order chi connectivity index (χ1) is 13.2. The minimum absolute atomic E-state index is 0. The molecule has 3 aromatic rings. The monoisotopic (exact) mass is 461 g/mol. The molecule has 28 heavy (non-hydrogen) atoms. The van der Waals surface area contributed by atoms with E-state index < -0.39 is 0 Å². The summed E-state index contributed by atoms with van der Waals surface area (Å²) in [4.78, 5) is 0. The van der Waals surface area contributed by atoms with Crippen LogP contribution in [0.1, 0.15) is 22.3 Å². The molecule has 0 amide bonds. The fourth-order valence-electron chi connectivity index (χ4n) is 2.80. The van der Waals surface area contributed by atoms with E-state index in [1.165, 1.54) is 11.1 Å². The van der Waals surface area contributed by atoms with Crippen molar-refractivity contribution in [3.63, 3.8) is 0 Å². The van der Waals surface area contributed by atoms with Crippen LogP contribution in [0.3, 0.4) is 0 Å². The molecule has 0 aromatic heterocycles. The molecular weight excluding hydrogens is 438 g/mol. The van der Waals surface area contributed by atoms with Gasteiger partial charge >= 0.3 is 0 Å². The van der Waals surface area contributed by atoms with Gasteiger partial charge < -0.3 is 14.8 Å². The van der Waals surface area contributed by atoms with Crippen molar-refractivity contribution in [2.24, 2.45) is 0 Å². The zero-order chi connectivity index (χ0) is 19.1. The number of benzene rings is 3. The van der Waals surface area contributed by atoms with E-state index in [4.69, 9.17) is 9.47 Å². The van der Waals surface area contributed by atoms with Crippen molar-refractivity contribution in [1.82, 2.24) is 5.32 Å². The zero-order valence-corrected chi connectivity index (χ0v) is 18.5. The van der Waals surface area contributed by atoms with E-state index in [0.29, 0.717) is 6.61 Å². The van der Waals surface area contributed by atoms with Gasteiger partial charge in [-0.05, 0) is 51.7 Å². The van der Waals surface area contributed by atoms with E-state index in [9.17, 15) is 0 Å². The minimum atomic E-state index is 0. The summed E-state index contributed by atoms with van der Waals surface area (Å²) in [6, 6.07) is 22.8. The Morgan fingerprint density at radius 1 is 0.857 bits per heavy atom.